The molecule has 0 aliphatic carbocycles. The molecule has 1 aromatic carbocycles. The van der Waals surface area contributed by atoms with Crippen molar-refractivity contribution in [2.24, 2.45) is 0 Å². The molecule has 2 unspecified atom stereocenters. The topological polar surface area (TPSA) is 41.9 Å². The maximum absolute atomic E-state index is 10.3. The monoisotopic (exact) mass is 305 g/mol. The zero-order valence-corrected chi connectivity index (χ0v) is 13.4. The van der Waals surface area contributed by atoms with Gasteiger partial charge in [0.25, 0.3) is 0 Å². The third-order valence-electron chi connectivity index (χ3n) is 4.04. The number of para-hydroxylation sites is 1. The number of allylic oxidation sites excluding steroid dienone is 1. The van der Waals surface area contributed by atoms with Crippen molar-refractivity contribution in [2.45, 2.75) is 31.9 Å². The number of hydrogen-bond acceptors (Lipinski definition) is 4. The van der Waals surface area contributed by atoms with Gasteiger partial charge in [-0.1, -0.05) is 24.3 Å². The van der Waals surface area contributed by atoms with E-state index in [0.717, 1.165) is 43.9 Å². The van der Waals surface area contributed by atoms with Gasteiger partial charge in [-0.15, -0.1) is 6.58 Å². The van der Waals surface area contributed by atoms with Crippen LogP contribution in [0.4, 0.5) is 0 Å². The van der Waals surface area contributed by atoms with Crippen molar-refractivity contribution in [2.75, 3.05) is 32.9 Å². The van der Waals surface area contributed by atoms with Gasteiger partial charge in [0.1, 0.15) is 18.5 Å². The highest BCUT2D eigenvalue weighted by atomic mass is 16.5. The SMILES string of the molecule is C=CCc1ccccc1OCC(O)CN1CCOCCC1C. The van der Waals surface area contributed by atoms with Crippen molar-refractivity contribution in [3.63, 3.8) is 0 Å². The Morgan fingerprint density at radius 2 is 2.27 bits per heavy atom. The summed E-state index contributed by atoms with van der Waals surface area (Å²) in [7, 11) is 0. The molecule has 1 saturated heterocycles. The van der Waals surface area contributed by atoms with Gasteiger partial charge in [-0.25, -0.2) is 0 Å². The van der Waals surface area contributed by atoms with Crippen molar-refractivity contribution in [3.05, 3.63) is 42.5 Å². The Balaban J connectivity index is 1.84. The molecular formula is C18H27NO3. The highest BCUT2D eigenvalue weighted by Crippen LogP contribution is 2.19. The van der Waals surface area contributed by atoms with E-state index >= 15 is 0 Å². The van der Waals surface area contributed by atoms with E-state index in [1.807, 2.05) is 30.3 Å². The zero-order valence-electron chi connectivity index (χ0n) is 13.4. The second kappa shape index (κ2) is 8.93. The molecule has 122 valence electrons. The summed E-state index contributed by atoms with van der Waals surface area (Å²) in [5.41, 5.74) is 1.10. The number of hydrogen-bond donors (Lipinski definition) is 1. The van der Waals surface area contributed by atoms with Gasteiger partial charge in [-0.3, -0.25) is 4.90 Å². The standard InChI is InChI=1S/C18H27NO3/c1-3-6-16-7-4-5-8-18(16)22-14-17(20)13-19-10-12-21-11-9-15(19)2/h3-5,7-8,15,17,20H,1,6,9-14H2,2H3. The number of benzene rings is 1. The van der Waals surface area contributed by atoms with Crippen LogP contribution in [-0.2, 0) is 11.2 Å². The van der Waals surface area contributed by atoms with E-state index in [9.17, 15) is 5.11 Å². The maximum Gasteiger partial charge on any atom is 0.122 e. The van der Waals surface area contributed by atoms with Gasteiger partial charge in [0, 0.05) is 25.7 Å². The molecular weight excluding hydrogens is 278 g/mol. The van der Waals surface area contributed by atoms with Crippen molar-refractivity contribution in [1.82, 2.24) is 4.90 Å². The van der Waals surface area contributed by atoms with Gasteiger partial charge >= 0.3 is 0 Å². The Bertz CT molecular complexity index is 463. The molecule has 2 atom stereocenters. The van der Waals surface area contributed by atoms with Crippen LogP contribution in [0.3, 0.4) is 0 Å². The number of nitrogens with zero attached hydrogens (tertiary/aromatic N) is 1. The van der Waals surface area contributed by atoms with Gasteiger partial charge < -0.3 is 14.6 Å². The molecule has 1 heterocycles. The summed E-state index contributed by atoms with van der Waals surface area (Å²) < 4.78 is 11.3. The molecule has 2 rings (SSSR count). The van der Waals surface area contributed by atoms with E-state index in [0.29, 0.717) is 19.2 Å². The minimum atomic E-state index is -0.502. The lowest BCUT2D eigenvalue weighted by atomic mass is 10.1. The van der Waals surface area contributed by atoms with Crippen LogP contribution in [0.5, 0.6) is 5.75 Å². The summed E-state index contributed by atoms with van der Waals surface area (Å²) in [4.78, 5) is 2.27. The van der Waals surface area contributed by atoms with E-state index < -0.39 is 6.10 Å². The maximum atomic E-state index is 10.3. The molecule has 0 bridgehead atoms. The highest BCUT2D eigenvalue weighted by Gasteiger charge is 2.20. The average Bonchev–Trinajstić information content (AvgIpc) is 2.72. The Morgan fingerprint density at radius 1 is 1.45 bits per heavy atom. The van der Waals surface area contributed by atoms with Gasteiger partial charge in [0.15, 0.2) is 0 Å². The van der Waals surface area contributed by atoms with Crippen LogP contribution >= 0.6 is 0 Å². The molecule has 0 saturated carbocycles. The third kappa shape index (κ3) is 5.13. The predicted octanol–water partition coefficient (Wildman–Crippen LogP) is 2.27. The van der Waals surface area contributed by atoms with E-state index in [2.05, 4.69) is 18.4 Å². The summed E-state index contributed by atoms with van der Waals surface area (Å²) in [5.74, 6) is 0.827. The zero-order chi connectivity index (χ0) is 15.8. The highest BCUT2D eigenvalue weighted by molar-refractivity contribution is 5.34. The van der Waals surface area contributed by atoms with Crippen LogP contribution in [0.25, 0.3) is 0 Å². The van der Waals surface area contributed by atoms with Gasteiger partial charge in [-0.2, -0.15) is 0 Å². The fraction of sp³-hybridized carbons (Fsp3) is 0.556. The van der Waals surface area contributed by atoms with E-state index in [-0.39, 0.29) is 0 Å². The molecule has 0 amide bonds. The lowest BCUT2D eigenvalue weighted by Crippen LogP contribution is -2.41. The molecule has 1 N–H and O–H groups in total. The van der Waals surface area contributed by atoms with Crippen LogP contribution in [0.2, 0.25) is 0 Å². The van der Waals surface area contributed by atoms with Crippen molar-refractivity contribution in [1.29, 1.82) is 0 Å². The molecule has 0 spiro atoms. The summed E-state index contributed by atoms with van der Waals surface area (Å²) >= 11 is 0. The van der Waals surface area contributed by atoms with Crippen molar-refractivity contribution in [3.8, 4) is 5.75 Å². The molecule has 1 aliphatic rings. The van der Waals surface area contributed by atoms with Crippen LogP contribution in [0.1, 0.15) is 18.9 Å². The Labute approximate surface area is 133 Å². The number of rotatable bonds is 7. The molecule has 1 fully saturated rings. The second-order valence-electron chi connectivity index (χ2n) is 5.81. The van der Waals surface area contributed by atoms with Crippen LogP contribution in [0.15, 0.2) is 36.9 Å². The summed E-state index contributed by atoms with van der Waals surface area (Å²) in [5, 5.41) is 10.3. The van der Waals surface area contributed by atoms with Crippen LogP contribution in [-0.4, -0.2) is 55.1 Å². The third-order valence-corrected chi connectivity index (χ3v) is 4.04. The lowest BCUT2D eigenvalue weighted by Gasteiger charge is -2.28. The number of aliphatic hydroxyl groups is 1. The van der Waals surface area contributed by atoms with Gasteiger partial charge in [0.05, 0.1) is 6.61 Å². The fourth-order valence-electron chi connectivity index (χ4n) is 2.69. The predicted molar refractivity (Wildman–Crippen MR) is 88.3 cm³/mol. The lowest BCUT2D eigenvalue weighted by molar-refractivity contribution is 0.0541. The Kier molecular flexibility index (Phi) is 6.90. The number of β-amino-alcohol motifs (C(OH)–C–C–N with tert-alkyl or cyclic N) is 1. The average molecular weight is 305 g/mol. The molecule has 1 aliphatic heterocycles. The molecule has 0 radical (unpaired) electrons. The van der Waals surface area contributed by atoms with E-state index in [4.69, 9.17) is 9.47 Å². The smallest absolute Gasteiger partial charge is 0.122 e. The first-order valence-electron chi connectivity index (χ1n) is 8.02. The summed E-state index contributed by atoms with van der Waals surface area (Å²) in [6.07, 6.45) is 3.14. The van der Waals surface area contributed by atoms with Crippen LogP contribution < -0.4 is 4.74 Å². The minimum absolute atomic E-state index is 0.304. The molecule has 1 aromatic rings. The quantitative estimate of drug-likeness (QED) is 0.785. The summed E-state index contributed by atoms with van der Waals surface area (Å²) in [6, 6.07) is 8.33. The first-order valence-corrected chi connectivity index (χ1v) is 8.02. The fourth-order valence-corrected chi connectivity index (χ4v) is 2.69. The first-order chi connectivity index (χ1) is 10.7. The molecule has 0 aromatic heterocycles. The first kappa shape index (κ1) is 17.0. The van der Waals surface area contributed by atoms with E-state index in [1.165, 1.54) is 0 Å². The summed E-state index contributed by atoms with van der Waals surface area (Å²) in [6.45, 7) is 9.28. The Hall–Kier alpha value is -1.36. The van der Waals surface area contributed by atoms with Gasteiger partial charge in [-0.05, 0) is 31.4 Å². The largest absolute Gasteiger partial charge is 0.491 e. The van der Waals surface area contributed by atoms with Crippen molar-refractivity contribution >= 4 is 0 Å². The normalized spacial score (nSPS) is 21.1. The molecule has 4 heteroatoms. The molecule has 22 heavy (non-hydrogen) atoms. The van der Waals surface area contributed by atoms with Crippen LogP contribution in [0, 0.1) is 0 Å². The van der Waals surface area contributed by atoms with Gasteiger partial charge in [0.2, 0.25) is 0 Å². The number of ether oxygens (including phenoxy) is 2. The molecule has 4 nitrogen and oxygen atoms in total. The number of aliphatic hydroxyl groups excluding tert-OH is 1. The van der Waals surface area contributed by atoms with Crippen molar-refractivity contribution < 1.29 is 14.6 Å². The van der Waals surface area contributed by atoms with E-state index in [1.54, 1.807) is 0 Å². The second-order valence-corrected chi connectivity index (χ2v) is 5.81. The Morgan fingerprint density at radius 3 is 3.09 bits per heavy atom. The minimum Gasteiger partial charge on any atom is -0.491 e.